The van der Waals surface area contributed by atoms with E-state index in [2.05, 4.69) is 20.4 Å². The number of amides is 2. The van der Waals surface area contributed by atoms with Gasteiger partial charge in [0, 0.05) is 36.7 Å². The van der Waals surface area contributed by atoms with Crippen LogP contribution in [0.25, 0.3) is 11.4 Å². The molecule has 1 saturated heterocycles. The molecule has 7 nitrogen and oxygen atoms in total. The standard InChI is InChI=1S/C18H14F3N5O2/c19-18(20,21)13-2-1-3-14(8-13)23-17(27)26-9-12(10-26)16-24-15(25-28-16)11-4-6-22-7-5-11/h1-8,12H,9-10H2,(H,23,27). The Morgan fingerprint density at radius 1 is 1.18 bits per heavy atom. The first-order chi connectivity index (χ1) is 13.4. The van der Waals surface area contributed by atoms with Gasteiger partial charge in [0.25, 0.3) is 0 Å². The molecule has 0 atom stereocenters. The zero-order chi connectivity index (χ0) is 19.7. The molecule has 3 aromatic rings. The second kappa shape index (κ2) is 6.95. The number of aromatic nitrogens is 3. The van der Waals surface area contributed by atoms with Crippen LogP contribution in [0.5, 0.6) is 0 Å². The van der Waals surface area contributed by atoms with Crippen molar-refractivity contribution in [1.29, 1.82) is 0 Å². The van der Waals surface area contributed by atoms with Gasteiger partial charge >= 0.3 is 12.2 Å². The van der Waals surface area contributed by atoms with E-state index >= 15 is 0 Å². The SMILES string of the molecule is O=C(Nc1cccc(C(F)(F)F)c1)N1CC(c2nc(-c3ccncc3)no2)C1. The van der Waals surface area contributed by atoms with Gasteiger partial charge in [0.2, 0.25) is 11.7 Å². The molecular weight excluding hydrogens is 375 g/mol. The lowest BCUT2D eigenvalue weighted by molar-refractivity contribution is -0.137. The normalized spacial score (nSPS) is 14.6. The third kappa shape index (κ3) is 3.66. The van der Waals surface area contributed by atoms with Crippen LogP contribution in [-0.4, -0.2) is 39.1 Å². The van der Waals surface area contributed by atoms with Gasteiger partial charge < -0.3 is 14.7 Å². The van der Waals surface area contributed by atoms with Crippen LogP contribution >= 0.6 is 0 Å². The van der Waals surface area contributed by atoms with Crippen molar-refractivity contribution < 1.29 is 22.5 Å². The van der Waals surface area contributed by atoms with E-state index in [1.807, 2.05) is 0 Å². The number of carbonyl (C=O) groups is 1. The average Bonchev–Trinajstić information content (AvgIpc) is 3.10. The van der Waals surface area contributed by atoms with Gasteiger partial charge in [0.15, 0.2) is 0 Å². The summed E-state index contributed by atoms with van der Waals surface area (Å²) in [5, 5.41) is 6.39. The minimum atomic E-state index is -4.47. The quantitative estimate of drug-likeness (QED) is 0.737. The lowest BCUT2D eigenvalue weighted by Crippen LogP contribution is -2.50. The number of hydrogen-bond donors (Lipinski definition) is 1. The smallest absolute Gasteiger partial charge is 0.339 e. The third-order valence-corrected chi connectivity index (χ3v) is 4.34. The molecule has 28 heavy (non-hydrogen) atoms. The zero-order valence-electron chi connectivity index (χ0n) is 14.3. The largest absolute Gasteiger partial charge is 0.416 e. The fraction of sp³-hybridized carbons (Fsp3) is 0.222. The van der Waals surface area contributed by atoms with Crippen molar-refractivity contribution in [1.82, 2.24) is 20.0 Å². The zero-order valence-corrected chi connectivity index (χ0v) is 14.3. The molecule has 1 aliphatic rings. The molecule has 2 amide bonds. The molecule has 3 heterocycles. The second-order valence-corrected chi connectivity index (χ2v) is 6.30. The van der Waals surface area contributed by atoms with Crippen molar-refractivity contribution in [2.24, 2.45) is 0 Å². The maximum atomic E-state index is 12.8. The summed E-state index contributed by atoms with van der Waals surface area (Å²) in [4.78, 5) is 21.9. The summed E-state index contributed by atoms with van der Waals surface area (Å²) in [6.07, 6.45) is -1.23. The number of hydrogen-bond acceptors (Lipinski definition) is 5. The Morgan fingerprint density at radius 2 is 1.93 bits per heavy atom. The monoisotopic (exact) mass is 389 g/mol. The molecule has 2 aromatic heterocycles. The van der Waals surface area contributed by atoms with Gasteiger partial charge in [-0.05, 0) is 30.3 Å². The molecule has 0 saturated carbocycles. The van der Waals surface area contributed by atoms with Gasteiger partial charge in [-0.1, -0.05) is 11.2 Å². The van der Waals surface area contributed by atoms with Crippen LogP contribution in [0, 0.1) is 0 Å². The molecule has 4 rings (SSSR count). The summed E-state index contributed by atoms with van der Waals surface area (Å²) >= 11 is 0. The average molecular weight is 389 g/mol. The predicted molar refractivity (Wildman–Crippen MR) is 92.3 cm³/mol. The van der Waals surface area contributed by atoms with Crippen LogP contribution in [0.2, 0.25) is 0 Å². The van der Waals surface area contributed by atoms with Crippen molar-refractivity contribution in [3.8, 4) is 11.4 Å². The molecule has 1 N–H and O–H groups in total. The predicted octanol–water partition coefficient (Wildman–Crippen LogP) is 3.78. The van der Waals surface area contributed by atoms with Crippen LogP contribution in [-0.2, 0) is 6.18 Å². The molecule has 0 radical (unpaired) electrons. The van der Waals surface area contributed by atoms with Crippen LogP contribution in [0.15, 0.2) is 53.3 Å². The summed E-state index contributed by atoms with van der Waals surface area (Å²) < 4.78 is 43.5. The van der Waals surface area contributed by atoms with E-state index in [9.17, 15) is 18.0 Å². The number of halogens is 3. The number of anilines is 1. The highest BCUT2D eigenvalue weighted by Gasteiger charge is 2.36. The second-order valence-electron chi connectivity index (χ2n) is 6.30. The summed E-state index contributed by atoms with van der Waals surface area (Å²) in [5.41, 5.74) is 0.0331. The summed E-state index contributed by atoms with van der Waals surface area (Å²) in [6, 6.07) is 7.53. The number of rotatable bonds is 3. The van der Waals surface area contributed by atoms with Gasteiger partial charge in [-0.2, -0.15) is 18.2 Å². The van der Waals surface area contributed by atoms with Gasteiger partial charge in [0.05, 0.1) is 11.5 Å². The van der Waals surface area contributed by atoms with Crippen molar-refractivity contribution in [3.63, 3.8) is 0 Å². The fourth-order valence-electron chi connectivity index (χ4n) is 2.80. The van der Waals surface area contributed by atoms with Gasteiger partial charge in [-0.3, -0.25) is 4.98 Å². The molecule has 0 spiro atoms. The Hall–Kier alpha value is -3.43. The first-order valence-corrected chi connectivity index (χ1v) is 8.37. The molecule has 10 heteroatoms. The molecule has 144 valence electrons. The molecular formula is C18H14F3N5O2. The maximum Gasteiger partial charge on any atom is 0.416 e. The van der Waals surface area contributed by atoms with Crippen LogP contribution in [0.3, 0.4) is 0 Å². The number of pyridine rings is 1. The topological polar surface area (TPSA) is 84.2 Å². The van der Waals surface area contributed by atoms with Crippen LogP contribution in [0.4, 0.5) is 23.7 Å². The minimum Gasteiger partial charge on any atom is -0.339 e. The summed E-state index contributed by atoms with van der Waals surface area (Å²) in [5.74, 6) is 0.731. The van der Waals surface area contributed by atoms with Gasteiger partial charge in [-0.15, -0.1) is 0 Å². The van der Waals surface area contributed by atoms with E-state index in [4.69, 9.17) is 4.52 Å². The number of alkyl halides is 3. The summed E-state index contributed by atoms with van der Waals surface area (Å²) in [7, 11) is 0. The molecule has 1 fully saturated rings. The van der Waals surface area contributed by atoms with Gasteiger partial charge in [0.1, 0.15) is 0 Å². The van der Waals surface area contributed by atoms with E-state index in [1.54, 1.807) is 24.5 Å². The van der Waals surface area contributed by atoms with Crippen LogP contribution in [0.1, 0.15) is 17.4 Å². The lowest BCUT2D eigenvalue weighted by atomic mass is 10.0. The van der Waals surface area contributed by atoms with Crippen molar-refractivity contribution in [2.75, 3.05) is 18.4 Å². The number of carbonyl (C=O) groups excluding carboxylic acids is 1. The highest BCUT2D eigenvalue weighted by Crippen LogP contribution is 2.31. The Morgan fingerprint density at radius 3 is 2.64 bits per heavy atom. The fourth-order valence-corrected chi connectivity index (χ4v) is 2.80. The number of likely N-dealkylation sites (tertiary alicyclic amines) is 1. The maximum absolute atomic E-state index is 12.8. The van der Waals surface area contributed by atoms with Crippen molar-refractivity contribution in [3.05, 3.63) is 60.2 Å². The van der Waals surface area contributed by atoms with Crippen LogP contribution < -0.4 is 5.32 Å². The first-order valence-electron chi connectivity index (χ1n) is 8.37. The third-order valence-electron chi connectivity index (χ3n) is 4.34. The molecule has 1 aliphatic heterocycles. The molecule has 0 bridgehead atoms. The minimum absolute atomic E-state index is 0.0843. The number of nitrogens with zero attached hydrogens (tertiary/aromatic N) is 4. The van der Waals surface area contributed by atoms with E-state index in [-0.39, 0.29) is 11.6 Å². The molecule has 1 aromatic carbocycles. The number of urea groups is 1. The van der Waals surface area contributed by atoms with E-state index in [1.165, 1.54) is 17.0 Å². The number of nitrogens with one attached hydrogen (secondary N) is 1. The lowest BCUT2D eigenvalue weighted by Gasteiger charge is -2.36. The van der Waals surface area contributed by atoms with Gasteiger partial charge in [-0.25, -0.2) is 4.79 Å². The Labute approximate surface area is 157 Å². The molecule has 0 unspecified atom stereocenters. The van der Waals surface area contributed by atoms with E-state index < -0.39 is 17.8 Å². The highest BCUT2D eigenvalue weighted by atomic mass is 19.4. The van der Waals surface area contributed by atoms with E-state index in [0.717, 1.165) is 17.7 Å². The van der Waals surface area contributed by atoms with E-state index in [0.29, 0.717) is 24.8 Å². The number of benzene rings is 1. The van der Waals surface area contributed by atoms with Crippen molar-refractivity contribution in [2.45, 2.75) is 12.1 Å². The molecule has 0 aliphatic carbocycles. The first kappa shape index (κ1) is 18.0. The Balaban J connectivity index is 1.35. The summed E-state index contributed by atoms with van der Waals surface area (Å²) in [6.45, 7) is 0.672. The highest BCUT2D eigenvalue weighted by molar-refractivity contribution is 5.90. The van der Waals surface area contributed by atoms with Crippen molar-refractivity contribution >= 4 is 11.7 Å². The Kier molecular flexibility index (Phi) is 4.46. The Bertz CT molecular complexity index is 984.